The maximum absolute atomic E-state index is 11.6. The molecule has 0 aliphatic heterocycles. The molecule has 154 valence electrons. The molecule has 0 unspecified atom stereocenters. The third-order valence-corrected chi connectivity index (χ3v) is 4.96. The lowest BCUT2D eigenvalue weighted by Gasteiger charge is -2.12. The van der Waals surface area contributed by atoms with E-state index in [1.807, 2.05) is 6.92 Å². The Hall–Kier alpha value is -2.55. The zero-order valence-corrected chi connectivity index (χ0v) is 16.6. The molecule has 0 fully saturated rings. The molecule has 1 heterocycles. The van der Waals surface area contributed by atoms with Crippen LogP contribution in [0.5, 0.6) is 6.01 Å². The van der Waals surface area contributed by atoms with Gasteiger partial charge in [-0.3, -0.25) is 9.11 Å². The van der Waals surface area contributed by atoms with E-state index >= 15 is 0 Å². The second-order valence-corrected chi connectivity index (χ2v) is 8.17. The van der Waals surface area contributed by atoms with Gasteiger partial charge in [-0.1, -0.05) is 6.92 Å². The van der Waals surface area contributed by atoms with Crippen LogP contribution in [0, 0.1) is 0 Å². The maximum atomic E-state index is 11.6. The van der Waals surface area contributed by atoms with Crippen LogP contribution in [-0.4, -0.2) is 54.0 Å². The van der Waals surface area contributed by atoms with Crippen LogP contribution in [0.25, 0.3) is 0 Å². The van der Waals surface area contributed by atoms with E-state index < -0.39 is 30.0 Å². The molecule has 14 heteroatoms. The van der Waals surface area contributed by atoms with E-state index in [0.29, 0.717) is 6.54 Å². The van der Waals surface area contributed by atoms with Crippen molar-refractivity contribution < 1.29 is 30.7 Å². The molecule has 0 saturated heterocycles. The van der Waals surface area contributed by atoms with E-state index in [4.69, 9.17) is 4.74 Å². The highest BCUT2D eigenvalue weighted by molar-refractivity contribution is 7.86. The van der Waals surface area contributed by atoms with Gasteiger partial charge in [0.05, 0.1) is 17.2 Å². The molecule has 1 aromatic carbocycles. The minimum absolute atomic E-state index is 0.0575. The minimum atomic E-state index is -4.72. The molecule has 2 aromatic rings. The molecular weight excluding hydrogens is 414 g/mol. The van der Waals surface area contributed by atoms with Crippen LogP contribution in [-0.2, 0) is 20.2 Å². The van der Waals surface area contributed by atoms with E-state index in [1.54, 1.807) is 6.92 Å². The first-order chi connectivity index (χ1) is 13.0. The molecule has 0 saturated carbocycles. The lowest BCUT2D eigenvalue weighted by Crippen LogP contribution is -2.11. The van der Waals surface area contributed by atoms with Gasteiger partial charge in [-0.2, -0.15) is 31.8 Å². The number of ether oxygens (including phenoxy) is 1. The quantitative estimate of drug-likeness (QED) is 0.417. The second-order valence-electron chi connectivity index (χ2n) is 5.36. The van der Waals surface area contributed by atoms with Crippen LogP contribution in [0.3, 0.4) is 0 Å². The zero-order valence-electron chi connectivity index (χ0n) is 14.9. The first-order valence-corrected chi connectivity index (χ1v) is 10.9. The summed E-state index contributed by atoms with van der Waals surface area (Å²) in [5.74, 6) is -0.0309. The van der Waals surface area contributed by atoms with Crippen molar-refractivity contribution in [3.8, 4) is 6.01 Å². The summed E-state index contributed by atoms with van der Waals surface area (Å²) in [6.45, 7) is 4.44. The van der Waals surface area contributed by atoms with E-state index in [-0.39, 0.29) is 30.2 Å². The third-order valence-electron chi connectivity index (χ3n) is 3.19. The first kappa shape index (κ1) is 21.7. The Bertz CT molecular complexity index is 1060. The molecule has 1 aromatic heterocycles. The second kappa shape index (κ2) is 8.64. The summed E-state index contributed by atoms with van der Waals surface area (Å²) < 4.78 is 69.7. The Morgan fingerprint density at radius 1 is 1.00 bits per heavy atom. The topological polar surface area (TPSA) is 181 Å². The summed E-state index contributed by atoms with van der Waals surface area (Å²) in [7, 11) is -9.34. The summed E-state index contributed by atoms with van der Waals surface area (Å²) >= 11 is 0. The van der Waals surface area contributed by atoms with Gasteiger partial charge in [-0.05, 0) is 31.5 Å². The SMILES string of the molecule is CCCNc1nc(Nc2cc(S(=O)(=O)O)ccc2S(=O)(=O)O)nc(OCC)n1. The standard InChI is InChI=1S/C14H19N5O7S2/c1-3-7-15-12-17-13(19-14(18-12)26-4-2)16-10-8-9(27(20,21)22)5-6-11(10)28(23,24)25/h5-6,8H,3-4,7H2,1-2H3,(H,20,21,22)(H,23,24,25)(H2,15,16,17,18,19). The molecule has 2 rings (SSSR count). The predicted octanol–water partition coefficient (Wildman–Crippen LogP) is 1.33. The molecule has 0 bridgehead atoms. The summed E-state index contributed by atoms with van der Waals surface area (Å²) in [5.41, 5.74) is -0.368. The molecule has 28 heavy (non-hydrogen) atoms. The van der Waals surface area contributed by atoms with E-state index in [0.717, 1.165) is 24.6 Å². The van der Waals surface area contributed by atoms with Gasteiger partial charge in [0.15, 0.2) is 0 Å². The molecule has 0 atom stereocenters. The summed E-state index contributed by atoms with van der Waals surface area (Å²) in [6.07, 6.45) is 0.779. The number of nitrogens with one attached hydrogen (secondary N) is 2. The molecular formula is C14H19N5O7S2. The van der Waals surface area contributed by atoms with Gasteiger partial charge in [0.1, 0.15) is 4.90 Å². The normalized spacial score (nSPS) is 11.9. The van der Waals surface area contributed by atoms with Crippen LogP contribution in [0.4, 0.5) is 17.6 Å². The van der Waals surface area contributed by atoms with Crippen molar-refractivity contribution in [1.29, 1.82) is 0 Å². The number of aromatic nitrogens is 3. The number of hydrogen-bond donors (Lipinski definition) is 4. The largest absolute Gasteiger partial charge is 0.464 e. The Morgan fingerprint density at radius 3 is 2.25 bits per heavy atom. The van der Waals surface area contributed by atoms with Crippen LogP contribution in [0.1, 0.15) is 20.3 Å². The van der Waals surface area contributed by atoms with Gasteiger partial charge in [-0.25, -0.2) is 0 Å². The van der Waals surface area contributed by atoms with Gasteiger partial charge < -0.3 is 15.4 Å². The summed E-state index contributed by atoms with van der Waals surface area (Å²) in [5, 5.41) is 5.42. The highest BCUT2D eigenvalue weighted by Gasteiger charge is 2.21. The fourth-order valence-corrected chi connectivity index (χ4v) is 3.17. The van der Waals surface area contributed by atoms with Gasteiger partial charge in [0.2, 0.25) is 11.9 Å². The number of rotatable bonds is 9. The molecule has 0 aliphatic rings. The number of anilines is 3. The minimum Gasteiger partial charge on any atom is -0.464 e. The predicted molar refractivity (Wildman–Crippen MR) is 99.1 cm³/mol. The smallest absolute Gasteiger partial charge is 0.323 e. The van der Waals surface area contributed by atoms with Crippen molar-refractivity contribution in [2.45, 2.75) is 30.1 Å². The number of nitrogens with zero attached hydrogens (tertiary/aromatic N) is 3. The van der Waals surface area contributed by atoms with Gasteiger partial charge in [0.25, 0.3) is 20.2 Å². The van der Waals surface area contributed by atoms with Crippen molar-refractivity contribution in [2.75, 3.05) is 23.8 Å². The number of benzene rings is 1. The zero-order chi connectivity index (χ0) is 20.9. The van der Waals surface area contributed by atoms with Crippen molar-refractivity contribution in [2.24, 2.45) is 0 Å². The van der Waals surface area contributed by atoms with Gasteiger partial charge in [-0.15, -0.1) is 0 Å². The van der Waals surface area contributed by atoms with Crippen molar-refractivity contribution in [3.63, 3.8) is 0 Å². The van der Waals surface area contributed by atoms with E-state index in [1.165, 1.54) is 0 Å². The molecule has 0 aliphatic carbocycles. The Kier molecular flexibility index (Phi) is 6.71. The molecule has 0 spiro atoms. The summed E-state index contributed by atoms with van der Waals surface area (Å²) in [6, 6.07) is 2.42. The Morgan fingerprint density at radius 2 is 1.68 bits per heavy atom. The Labute approximate surface area is 161 Å². The highest BCUT2D eigenvalue weighted by atomic mass is 32.2. The van der Waals surface area contributed by atoms with Gasteiger partial charge >= 0.3 is 6.01 Å². The molecule has 12 nitrogen and oxygen atoms in total. The van der Waals surface area contributed by atoms with Gasteiger partial charge in [0, 0.05) is 6.54 Å². The lowest BCUT2D eigenvalue weighted by molar-refractivity contribution is 0.312. The number of hydrogen-bond acceptors (Lipinski definition) is 10. The summed E-state index contributed by atoms with van der Waals surface area (Å²) in [4.78, 5) is 10.8. The average molecular weight is 433 g/mol. The fraction of sp³-hybridized carbons (Fsp3) is 0.357. The fourth-order valence-electron chi connectivity index (χ4n) is 2.03. The van der Waals surface area contributed by atoms with Crippen molar-refractivity contribution in [1.82, 2.24) is 15.0 Å². The first-order valence-electron chi connectivity index (χ1n) is 8.03. The monoisotopic (exact) mass is 433 g/mol. The molecule has 4 N–H and O–H groups in total. The highest BCUT2D eigenvalue weighted by Crippen LogP contribution is 2.27. The molecule has 0 amide bonds. The Balaban J connectivity index is 2.54. The van der Waals surface area contributed by atoms with Crippen LogP contribution in [0.2, 0.25) is 0 Å². The van der Waals surface area contributed by atoms with Crippen LogP contribution in [0.15, 0.2) is 28.0 Å². The molecule has 0 radical (unpaired) electrons. The third kappa shape index (κ3) is 5.72. The van der Waals surface area contributed by atoms with Crippen molar-refractivity contribution >= 4 is 37.8 Å². The average Bonchev–Trinajstić information content (AvgIpc) is 2.58. The van der Waals surface area contributed by atoms with E-state index in [9.17, 15) is 25.9 Å². The van der Waals surface area contributed by atoms with Crippen LogP contribution < -0.4 is 15.4 Å². The van der Waals surface area contributed by atoms with Crippen molar-refractivity contribution in [3.05, 3.63) is 18.2 Å². The van der Waals surface area contributed by atoms with E-state index in [2.05, 4.69) is 25.6 Å². The van der Waals surface area contributed by atoms with Crippen LogP contribution >= 0.6 is 0 Å². The lowest BCUT2D eigenvalue weighted by atomic mass is 10.3. The maximum Gasteiger partial charge on any atom is 0.323 e.